The molecule has 0 saturated carbocycles. The van der Waals surface area contributed by atoms with Crippen molar-refractivity contribution in [2.75, 3.05) is 0 Å². The van der Waals surface area contributed by atoms with E-state index in [2.05, 4.69) is 9.98 Å². The Balaban J connectivity index is 1.88. The summed E-state index contributed by atoms with van der Waals surface area (Å²) in [5.74, 6) is 0.755. The average Bonchev–Trinajstić information content (AvgIpc) is 2.62. The highest BCUT2D eigenvalue weighted by molar-refractivity contribution is 7.09. The molecule has 1 atom stereocenters. The van der Waals surface area contributed by atoms with Crippen LogP contribution in [0.4, 0.5) is 0 Å². The van der Waals surface area contributed by atoms with Gasteiger partial charge >= 0.3 is 0 Å². The van der Waals surface area contributed by atoms with E-state index in [1.165, 1.54) is 0 Å². The first kappa shape index (κ1) is 10.3. The number of aliphatic imine (C=N–C) groups is 1. The quantitative estimate of drug-likeness (QED) is 0.849. The van der Waals surface area contributed by atoms with E-state index >= 15 is 0 Å². The minimum absolute atomic E-state index is 0.445. The molecule has 0 bridgehead atoms. The Morgan fingerprint density at radius 1 is 1.67 bits per heavy atom. The van der Waals surface area contributed by atoms with Crippen LogP contribution in [0.5, 0.6) is 0 Å². The molecule has 5 heteroatoms. The predicted molar refractivity (Wildman–Crippen MR) is 58.8 cm³/mol. The van der Waals surface area contributed by atoms with Crippen LogP contribution in [-0.4, -0.2) is 22.5 Å². The molecule has 1 aromatic rings. The van der Waals surface area contributed by atoms with Crippen molar-refractivity contribution in [1.29, 1.82) is 0 Å². The molecule has 0 radical (unpaired) electrons. The van der Waals surface area contributed by atoms with Gasteiger partial charge in [0.1, 0.15) is 17.4 Å². The zero-order valence-corrected chi connectivity index (χ0v) is 9.20. The Kier molecular flexibility index (Phi) is 3.13. The van der Waals surface area contributed by atoms with E-state index in [4.69, 9.17) is 4.74 Å². The number of rotatable bonds is 3. The number of aryl methyl sites for hydroxylation is 1. The fourth-order valence-electron chi connectivity index (χ4n) is 1.26. The van der Waals surface area contributed by atoms with E-state index < -0.39 is 6.23 Å². The largest absolute Gasteiger partial charge is 0.491 e. The summed E-state index contributed by atoms with van der Waals surface area (Å²) >= 11 is 1.58. The lowest BCUT2D eigenvalue weighted by molar-refractivity contribution is 0.128. The van der Waals surface area contributed by atoms with Gasteiger partial charge in [-0.25, -0.2) is 4.98 Å². The summed E-state index contributed by atoms with van der Waals surface area (Å²) in [4.78, 5) is 8.08. The third-order valence-electron chi connectivity index (χ3n) is 1.95. The van der Waals surface area contributed by atoms with Crippen molar-refractivity contribution in [3.05, 3.63) is 27.9 Å². The standard InChI is InChI=1S/C10H12N2O2S/c1-7-6-15-10(12-7)5-14-8-2-3-11-9(13)4-8/h2-3,6,9,13H,4-5H2,1H3. The molecular formula is C10H12N2O2S. The van der Waals surface area contributed by atoms with Gasteiger partial charge in [-0.2, -0.15) is 0 Å². The van der Waals surface area contributed by atoms with Crippen LogP contribution in [0.15, 0.2) is 22.2 Å². The molecule has 15 heavy (non-hydrogen) atoms. The number of aromatic nitrogens is 1. The van der Waals surface area contributed by atoms with Crippen molar-refractivity contribution in [3.8, 4) is 0 Å². The van der Waals surface area contributed by atoms with Crippen LogP contribution in [0.25, 0.3) is 0 Å². The minimum atomic E-state index is -0.664. The molecule has 2 rings (SSSR count). The Labute approximate surface area is 92.0 Å². The van der Waals surface area contributed by atoms with Crippen molar-refractivity contribution < 1.29 is 9.84 Å². The second-order valence-corrected chi connectivity index (χ2v) is 4.23. The lowest BCUT2D eigenvalue weighted by Gasteiger charge is -2.13. The first-order valence-corrected chi connectivity index (χ1v) is 5.56. The van der Waals surface area contributed by atoms with Gasteiger partial charge < -0.3 is 9.84 Å². The number of hydrogen-bond donors (Lipinski definition) is 1. The van der Waals surface area contributed by atoms with Gasteiger partial charge in [0.2, 0.25) is 0 Å². The van der Waals surface area contributed by atoms with E-state index in [-0.39, 0.29) is 0 Å². The number of nitrogens with zero attached hydrogens (tertiary/aromatic N) is 2. The van der Waals surface area contributed by atoms with Crippen LogP contribution in [-0.2, 0) is 11.3 Å². The van der Waals surface area contributed by atoms with Gasteiger partial charge in [0, 0.05) is 17.3 Å². The monoisotopic (exact) mass is 224 g/mol. The SMILES string of the molecule is Cc1csc(COC2=CC=NC(O)C2)n1. The number of hydrogen-bond acceptors (Lipinski definition) is 5. The van der Waals surface area contributed by atoms with Crippen molar-refractivity contribution in [2.45, 2.75) is 26.2 Å². The molecule has 4 nitrogen and oxygen atoms in total. The van der Waals surface area contributed by atoms with Crippen LogP contribution in [0.1, 0.15) is 17.1 Å². The number of ether oxygens (including phenoxy) is 1. The first-order valence-electron chi connectivity index (χ1n) is 4.68. The molecule has 0 amide bonds. The lowest BCUT2D eigenvalue weighted by Crippen LogP contribution is -2.10. The summed E-state index contributed by atoms with van der Waals surface area (Å²) in [5, 5.41) is 12.2. The van der Waals surface area contributed by atoms with Gasteiger partial charge in [0.25, 0.3) is 0 Å². The molecule has 0 spiro atoms. The van der Waals surface area contributed by atoms with Crippen LogP contribution in [0, 0.1) is 6.92 Å². The zero-order valence-electron chi connectivity index (χ0n) is 8.38. The molecule has 1 aliphatic rings. The maximum absolute atomic E-state index is 9.25. The van der Waals surface area contributed by atoms with Gasteiger partial charge in [-0.1, -0.05) is 0 Å². The van der Waals surface area contributed by atoms with Crippen molar-refractivity contribution >= 4 is 17.6 Å². The summed E-state index contributed by atoms with van der Waals surface area (Å²) in [6.45, 7) is 2.42. The second-order valence-electron chi connectivity index (χ2n) is 3.29. The number of dihydropyridines is 1. The molecule has 2 heterocycles. The molecule has 1 aliphatic heterocycles. The fourth-order valence-corrected chi connectivity index (χ4v) is 1.94. The highest BCUT2D eigenvalue weighted by Gasteiger charge is 2.10. The lowest BCUT2D eigenvalue weighted by atomic mass is 10.2. The predicted octanol–water partition coefficient (Wildman–Crippen LogP) is 1.64. The first-order chi connectivity index (χ1) is 7.24. The van der Waals surface area contributed by atoms with E-state index in [0.29, 0.717) is 13.0 Å². The van der Waals surface area contributed by atoms with E-state index in [9.17, 15) is 5.11 Å². The third kappa shape index (κ3) is 2.87. The van der Waals surface area contributed by atoms with Crippen molar-refractivity contribution in [1.82, 2.24) is 4.98 Å². The van der Waals surface area contributed by atoms with Crippen LogP contribution >= 0.6 is 11.3 Å². The third-order valence-corrected chi connectivity index (χ3v) is 2.89. The Bertz CT molecular complexity index is 398. The number of aliphatic hydroxyl groups excluding tert-OH is 1. The number of thiazole rings is 1. The molecule has 1 aromatic heterocycles. The molecule has 0 aliphatic carbocycles. The normalized spacial score (nSPS) is 20.1. The summed E-state index contributed by atoms with van der Waals surface area (Å²) in [6, 6.07) is 0. The van der Waals surface area contributed by atoms with E-state index in [1.807, 2.05) is 12.3 Å². The average molecular weight is 224 g/mol. The highest BCUT2D eigenvalue weighted by Crippen LogP contribution is 2.16. The summed E-state index contributed by atoms with van der Waals surface area (Å²) in [5.41, 5.74) is 1.01. The van der Waals surface area contributed by atoms with Gasteiger partial charge in [-0.15, -0.1) is 11.3 Å². The van der Waals surface area contributed by atoms with Gasteiger partial charge in [0.05, 0.1) is 6.42 Å². The smallest absolute Gasteiger partial charge is 0.152 e. The van der Waals surface area contributed by atoms with Crippen LogP contribution < -0.4 is 0 Å². The summed E-state index contributed by atoms with van der Waals surface area (Å²) in [7, 11) is 0. The van der Waals surface area contributed by atoms with E-state index in [1.54, 1.807) is 23.6 Å². The number of aliphatic hydroxyl groups is 1. The van der Waals surface area contributed by atoms with E-state index in [0.717, 1.165) is 16.5 Å². The summed E-state index contributed by atoms with van der Waals surface area (Å²) in [6.07, 6.45) is 3.12. The molecular weight excluding hydrogens is 212 g/mol. The maximum Gasteiger partial charge on any atom is 0.152 e. The summed E-state index contributed by atoms with van der Waals surface area (Å²) < 4.78 is 5.51. The maximum atomic E-state index is 9.25. The number of allylic oxidation sites excluding steroid dienone is 1. The molecule has 1 unspecified atom stereocenters. The Morgan fingerprint density at radius 2 is 2.53 bits per heavy atom. The van der Waals surface area contributed by atoms with Crippen molar-refractivity contribution in [3.63, 3.8) is 0 Å². The molecule has 0 fully saturated rings. The Hall–Kier alpha value is -1.20. The Morgan fingerprint density at radius 3 is 3.20 bits per heavy atom. The minimum Gasteiger partial charge on any atom is -0.491 e. The topological polar surface area (TPSA) is 54.7 Å². The molecule has 0 saturated heterocycles. The van der Waals surface area contributed by atoms with Crippen molar-refractivity contribution in [2.24, 2.45) is 4.99 Å². The van der Waals surface area contributed by atoms with Crippen LogP contribution in [0.3, 0.4) is 0 Å². The zero-order chi connectivity index (χ0) is 10.7. The second kappa shape index (κ2) is 4.55. The highest BCUT2D eigenvalue weighted by atomic mass is 32.1. The molecule has 1 N–H and O–H groups in total. The molecule has 80 valence electrons. The van der Waals surface area contributed by atoms with Crippen LogP contribution in [0.2, 0.25) is 0 Å². The molecule has 0 aromatic carbocycles. The van der Waals surface area contributed by atoms with Gasteiger partial charge in [0.15, 0.2) is 6.23 Å². The van der Waals surface area contributed by atoms with Gasteiger partial charge in [-0.3, -0.25) is 4.99 Å². The van der Waals surface area contributed by atoms with Gasteiger partial charge in [-0.05, 0) is 13.0 Å². The fraction of sp³-hybridized carbons (Fsp3) is 0.400.